The minimum atomic E-state index is -0.150. The van der Waals surface area contributed by atoms with Gasteiger partial charge >= 0.3 is 0 Å². The van der Waals surface area contributed by atoms with Crippen LogP contribution in [0.4, 0.5) is 0 Å². The number of carbonyl (C=O) groups is 1. The zero-order valence-corrected chi connectivity index (χ0v) is 14.9. The zero-order valence-electron chi connectivity index (χ0n) is 14.9. The molecular weight excluding hydrogens is 314 g/mol. The summed E-state index contributed by atoms with van der Waals surface area (Å²) in [6, 6.07) is 18.1. The van der Waals surface area contributed by atoms with E-state index in [1.165, 1.54) is 5.56 Å². The average Bonchev–Trinajstić information content (AvgIpc) is 2.67. The molecule has 0 radical (unpaired) electrons. The third kappa shape index (κ3) is 4.27. The van der Waals surface area contributed by atoms with Crippen molar-refractivity contribution in [3.05, 3.63) is 65.7 Å². The Balaban J connectivity index is 1.87. The van der Waals surface area contributed by atoms with Crippen LogP contribution < -0.4 is 4.74 Å². The summed E-state index contributed by atoms with van der Waals surface area (Å²) in [4.78, 5) is 14.7. The molecule has 3 rings (SSSR count). The first-order chi connectivity index (χ1) is 12.2. The Morgan fingerprint density at radius 3 is 2.76 bits per heavy atom. The van der Waals surface area contributed by atoms with Crippen molar-refractivity contribution in [2.24, 2.45) is 0 Å². The molecule has 1 saturated heterocycles. The topological polar surface area (TPSA) is 38.8 Å². The Labute approximate surface area is 149 Å². The number of ether oxygens (including phenoxy) is 2. The van der Waals surface area contributed by atoms with E-state index in [2.05, 4.69) is 23.1 Å². The van der Waals surface area contributed by atoms with Crippen molar-refractivity contribution in [2.45, 2.75) is 25.4 Å². The van der Waals surface area contributed by atoms with Crippen molar-refractivity contribution < 1.29 is 14.3 Å². The normalized spacial score (nSPS) is 19.4. The fraction of sp³-hybridized carbons (Fsp3) is 0.381. The van der Waals surface area contributed by atoms with E-state index in [0.29, 0.717) is 13.2 Å². The van der Waals surface area contributed by atoms with E-state index in [0.717, 1.165) is 24.3 Å². The van der Waals surface area contributed by atoms with Gasteiger partial charge in [-0.2, -0.15) is 0 Å². The quantitative estimate of drug-likeness (QED) is 0.810. The van der Waals surface area contributed by atoms with Gasteiger partial charge in [0.05, 0.1) is 32.4 Å². The lowest BCUT2D eigenvalue weighted by Gasteiger charge is -2.40. The van der Waals surface area contributed by atoms with E-state index in [9.17, 15) is 4.79 Å². The summed E-state index contributed by atoms with van der Waals surface area (Å²) < 4.78 is 11.1. The molecule has 0 aliphatic carbocycles. The summed E-state index contributed by atoms with van der Waals surface area (Å²) in [6.45, 7) is 3.68. The van der Waals surface area contributed by atoms with E-state index in [1.807, 2.05) is 36.4 Å². The Kier molecular flexibility index (Phi) is 5.84. The van der Waals surface area contributed by atoms with E-state index >= 15 is 0 Å². The summed E-state index contributed by atoms with van der Waals surface area (Å²) in [5.74, 6) is 1.02. The van der Waals surface area contributed by atoms with Crippen molar-refractivity contribution in [3.8, 4) is 5.75 Å². The molecule has 2 atom stereocenters. The van der Waals surface area contributed by atoms with Crippen LogP contribution >= 0.6 is 0 Å². The lowest BCUT2D eigenvalue weighted by atomic mass is 9.96. The van der Waals surface area contributed by atoms with Crippen molar-refractivity contribution in [2.75, 3.05) is 26.9 Å². The summed E-state index contributed by atoms with van der Waals surface area (Å²) in [5, 5.41) is 0. The molecule has 0 bridgehead atoms. The standard InChI is InChI=1S/C21H25NO3/c1-16(23)20(13-17-7-4-3-5-8-17)22-11-12-25-15-21(22)18-9-6-10-19(14-18)24-2/h3-10,14,20-21H,11-13,15H2,1-2H3. The first kappa shape index (κ1) is 17.6. The second-order valence-corrected chi connectivity index (χ2v) is 6.42. The van der Waals surface area contributed by atoms with Gasteiger partial charge < -0.3 is 9.47 Å². The van der Waals surface area contributed by atoms with Crippen molar-refractivity contribution in [1.82, 2.24) is 4.90 Å². The highest BCUT2D eigenvalue weighted by atomic mass is 16.5. The Morgan fingerprint density at radius 1 is 1.24 bits per heavy atom. The summed E-state index contributed by atoms with van der Waals surface area (Å²) >= 11 is 0. The van der Waals surface area contributed by atoms with Crippen LogP contribution in [0.3, 0.4) is 0 Å². The first-order valence-electron chi connectivity index (χ1n) is 8.71. The number of Topliss-reactive ketones (excluding diaryl/α,β-unsaturated/α-hetero) is 1. The molecule has 2 aromatic carbocycles. The Bertz CT molecular complexity index is 701. The van der Waals surface area contributed by atoms with Crippen LogP contribution in [0.5, 0.6) is 5.75 Å². The second-order valence-electron chi connectivity index (χ2n) is 6.42. The summed E-state index contributed by atoms with van der Waals surface area (Å²) in [6.07, 6.45) is 0.719. The number of ketones is 1. The van der Waals surface area contributed by atoms with Gasteiger partial charge in [0.25, 0.3) is 0 Å². The molecule has 0 N–H and O–H groups in total. The van der Waals surface area contributed by atoms with Crippen molar-refractivity contribution in [3.63, 3.8) is 0 Å². The molecule has 0 saturated carbocycles. The van der Waals surface area contributed by atoms with Crippen LogP contribution in [-0.2, 0) is 16.0 Å². The number of hydrogen-bond donors (Lipinski definition) is 0. The number of carbonyl (C=O) groups excluding carboxylic acids is 1. The summed E-state index contributed by atoms with van der Waals surface area (Å²) in [7, 11) is 1.67. The SMILES string of the molecule is COc1cccc(C2COCCN2C(Cc2ccccc2)C(C)=O)c1. The third-order valence-electron chi connectivity index (χ3n) is 4.79. The number of methoxy groups -OCH3 is 1. The molecule has 1 fully saturated rings. The molecule has 1 aliphatic heterocycles. The number of nitrogens with zero attached hydrogens (tertiary/aromatic N) is 1. The highest BCUT2D eigenvalue weighted by molar-refractivity contribution is 5.81. The van der Waals surface area contributed by atoms with E-state index < -0.39 is 0 Å². The second kappa shape index (κ2) is 8.28. The number of morpholine rings is 1. The van der Waals surface area contributed by atoms with E-state index in [-0.39, 0.29) is 17.9 Å². The molecular formula is C21H25NO3. The smallest absolute Gasteiger partial charge is 0.147 e. The molecule has 4 nitrogen and oxygen atoms in total. The first-order valence-corrected chi connectivity index (χ1v) is 8.71. The third-order valence-corrected chi connectivity index (χ3v) is 4.79. The van der Waals surface area contributed by atoms with Crippen molar-refractivity contribution in [1.29, 1.82) is 0 Å². The molecule has 132 valence electrons. The Hall–Kier alpha value is -2.17. The molecule has 1 aliphatic rings. The van der Waals surface area contributed by atoms with Gasteiger partial charge in [-0.3, -0.25) is 9.69 Å². The minimum Gasteiger partial charge on any atom is -0.497 e. The molecule has 25 heavy (non-hydrogen) atoms. The van der Waals surface area contributed by atoms with Gasteiger partial charge in [-0.25, -0.2) is 0 Å². The van der Waals surface area contributed by atoms with Crippen LogP contribution in [0.2, 0.25) is 0 Å². The fourth-order valence-corrected chi connectivity index (χ4v) is 3.46. The molecule has 0 aromatic heterocycles. The van der Waals surface area contributed by atoms with Gasteiger partial charge in [0.1, 0.15) is 11.5 Å². The van der Waals surface area contributed by atoms with Gasteiger partial charge in [-0.15, -0.1) is 0 Å². The van der Waals surface area contributed by atoms with Crippen LogP contribution in [0, 0.1) is 0 Å². The van der Waals surface area contributed by atoms with Crippen LogP contribution in [0.15, 0.2) is 54.6 Å². The minimum absolute atomic E-state index is 0.0569. The van der Waals surface area contributed by atoms with Gasteiger partial charge in [0.2, 0.25) is 0 Å². The number of hydrogen-bond acceptors (Lipinski definition) is 4. The average molecular weight is 339 g/mol. The monoisotopic (exact) mass is 339 g/mol. The van der Waals surface area contributed by atoms with Crippen LogP contribution in [0.25, 0.3) is 0 Å². The number of benzene rings is 2. The van der Waals surface area contributed by atoms with E-state index in [1.54, 1.807) is 14.0 Å². The van der Waals surface area contributed by atoms with Crippen molar-refractivity contribution >= 4 is 5.78 Å². The predicted molar refractivity (Wildman–Crippen MR) is 97.9 cm³/mol. The molecule has 0 amide bonds. The van der Waals surface area contributed by atoms with Gasteiger partial charge in [0, 0.05) is 6.54 Å². The van der Waals surface area contributed by atoms with Crippen LogP contribution in [-0.4, -0.2) is 43.6 Å². The maximum Gasteiger partial charge on any atom is 0.147 e. The molecule has 4 heteroatoms. The molecule has 2 aromatic rings. The van der Waals surface area contributed by atoms with Gasteiger partial charge in [0.15, 0.2) is 0 Å². The Morgan fingerprint density at radius 2 is 2.04 bits per heavy atom. The van der Waals surface area contributed by atoms with E-state index in [4.69, 9.17) is 9.47 Å². The summed E-state index contributed by atoms with van der Waals surface area (Å²) in [5.41, 5.74) is 2.30. The highest BCUT2D eigenvalue weighted by Crippen LogP contribution is 2.30. The highest BCUT2D eigenvalue weighted by Gasteiger charge is 2.33. The van der Waals surface area contributed by atoms with Gasteiger partial charge in [-0.1, -0.05) is 42.5 Å². The maximum atomic E-state index is 12.4. The molecule has 2 unspecified atom stereocenters. The zero-order chi connectivity index (χ0) is 17.6. The lowest BCUT2D eigenvalue weighted by molar-refractivity contribution is -0.126. The number of rotatable bonds is 6. The predicted octanol–water partition coefficient (Wildman–Crippen LogP) is 3.27. The largest absolute Gasteiger partial charge is 0.497 e. The van der Waals surface area contributed by atoms with Gasteiger partial charge in [-0.05, 0) is 36.6 Å². The fourth-order valence-electron chi connectivity index (χ4n) is 3.46. The maximum absolute atomic E-state index is 12.4. The lowest BCUT2D eigenvalue weighted by Crippen LogP contribution is -2.49. The van der Waals surface area contributed by atoms with Crippen LogP contribution in [0.1, 0.15) is 24.1 Å². The molecule has 0 spiro atoms. The molecule has 1 heterocycles.